The lowest BCUT2D eigenvalue weighted by Crippen LogP contribution is -2.42. The molecule has 5 nitrogen and oxygen atoms in total. The molecule has 1 aliphatic rings. The SMILES string of the molecule is O=C(NC(CC1CCC(F)(F)C1)C(=O)O)OCc1ccccc1. The highest BCUT2D eigenvalue weighted by Crippen LogP contribution is 2.40. The van der Waals surface area contributed by atoms with Crippen molar-refractivity contribution in [3.05, 3.63) is 35.9 Å². The third kappa shape index (κ3) is 5.50. The van der Waals surface area contributed by atoms with Crippen molar-refractivity contribution >= 4 is 12.1 Å². The molecule has 7 heteroatoms. The molecule has 0 bridgehead atoms. The van der Waals surface area contributed by atoms with Crippen LogP contribution in [0.3, 0.4) is 0 Å². The van der Waals surface area contributed by atoms with Gasteiger partial charge in [0.15, 0.2) is 0 Å². The summed E-state index contributed by atoms with van der Waals surface area (Å²) in [6.45, 7) is 0.0144. The summed E-state index contributed by atoms with van der Waals surface area (Å²) in [5.41, 5.74) is 0.768. The second-order valence-electron chi connectivity index (χ2n) is 5.80. The Morgan fingerprint density at radius 3 is 2.61 bits per heavy atom. The van der Waals surface area contributed by atoms with Gasteiger partial charge in [0.1, 0.15) is 12.6 Å². The Morgan fingerprint density at radius 1 is 1.35 bits per heavy atom. The van der Waals surface area contributed by atoms with Crippen LogP contribution >= 0.6 is 0 Å². The molecule has 1 fully saturated rings. The number of rotatable bonds is 6. The van der Waals surface area contributed by atoms with Gasteiger partial charge in [0, 0.05) is 12.8 Å². The van der Waals surface area contributed by atoms with Crippen molar-refractivity contribution in [2.45, 2.75) is 44.3 Å². The number of carbonyl (C=O) groups is 2. The molecule has 126 valence electrons. The minimum atomic E-state index is -2.73. The molecule has 0 radical (unpaired) electrons. The maximum atomic E-state index is 13.2. The van der Waals surface area contributed by atoms with Crippen LogP contribution in [0.4, 0.5) is 13.6 Å². The van der Waals surface area contributed by atoms with Crippen LogP contribution in [0.2, 0.25) is 0 Å². The lowest BCUT2D eigenvalue weighted by Gasteiger charge is -2.18. The van der Waals surface area contributed by atoms with E-state index < -0.39 is 29.9 Å². The summed E-state index contributed by atoms with van der Waals surface area (Å²) in [5.74, 6) is -4.40. The van der Waals surface area contributed by atoms with E-state index in [2.05, 4.69) is 5.32 Å². The maximum absolute atomic E-state index is 13.2. The van der Waals surface area contributed by atoms with Gasteiger partial charge < -0.3 is 15.2 Å². The van der Waals surface area contributed by atoms with E-state index in [0.717, 1.165) is 5.56 Å². The number of aliphatic carboxylic acids is 1. The van der Waals surface area contributed by atoms with Gasteiger partial charge in [-0.05, 0) is 24.3 Å². The molecule has 1 aliphatic carbocycles. The van der Waals surface area contributed by atoms with Crippen LogP contribution in [0, 0.1) is 5.92 Å². The van der Waals surface area contributed by atoms with Crippen LogP contribution < -0.4 is 5.32 Å². The third-order valence-electron chi connectivity index (χ3n) is 3.88. The minimum Gasteiger partial charge on any atom is -0.480 e. The van der Waals surface area contributed by atoms with Crippen LogP contribution in [-0.4, -0.2) is 29.1 Å². The van der Waals surface area contributed by atoms with Gasteiger partial charge in [-0.1, -0.05) is 30.3 Å². The number of halogens is 2. The molecule has 1 aromatic rings. The predicted octanol–water partition coefficient (Wildman–Crippen LogP) is 3.19. The summed E-state index contributed by atoms with van der Waals surface area (Å²) < 4.78 is 31.3. The van der Waals surface area contributed by atoms with Gasteiger partial charge in [0.25, 0.3) is 0 Å². The lowest BCUT2D eigenvalue weighted by molar-refractivity contribution is -0.139. The van der Waals surface area contributed by atoms with E-state index in [4.69, 9.17) is 9.84 Å². The summed E-state index contributed by atoms with van der Waals surface area (Å²) in [4.78, 5) is 22.9. The van der Waals surface area contributed by atoms with Crippen LogP contribution in [0.15, 0.2) is 30.3 Å². The Labute approximate surface area is 132 Å². The molecule has 1 aromatic carbocycles. The van der Waals surface area contributed by atoms with E-state index in [-0.39, 0.29) is 32.3 Å². The molecule has 1 saturated carbocycles. The first-order chi connectivity index (χ1) is 10.9. The number of ether oxygens (including phenoxy) is 1. The summed E-state index contributed by atoms with van der Waals surface area (Å²) in [5, 5.41) is 11.4. The Morgan fingerprint density at radius 2 is 2.04 bits per heavy atom. The second kappa shape index (κ2) is 7.39. The van der Waals surface area contributed by atoms with Gasteiger partial charge in [-0.3, -0.25) is 0 Å². The van der Waals surface area contributed by atoms with Gasteiger partial charge in [-0.2, -0.15) is 0 Å². The highest BCUT2D eigenvalue weighted by atomic mass is 19.3. The Hall–Kier alpha value is -2.18. The Kier molecular flexibility index (Phi) is 5.52. The monoisotopic (exact) mass is 327 g/mol. The predicted molar refractivity (Wildman–Crippen MR) is 78.1 cm³/mol. The average Bonchev–Trinajstić information content (AvgIpc) is 2.84. The zero-order chi connectivity index (χ0) is 16.9. The number of hydrogen-bond donors (Lipinski definition) is 2. The fourth-order valence-corrected chi connectivity index (χ4v) is 2.70. The number of benzene rings is 1. The van der Waals surface area contributed by atoms with Gasteiger partial charge >= 0.3 is 12.1 Å². The number of nitrogens with one attached hydrogen (secondary N) is 1. The van der Waals surface area contributed by atoms with Crippen molar-refractivity contribution in [1.82, 2.24) is 5.32 Å². The smallest absolute Gasteiger partial charge is 0.408 e. The number of alkyl carbamates (subject to hydrolysis) is 1. The number of carboxylic acid groups (broad SMARTS) is 1. The molecule has 2 unspecified atom stereocenters. The number of alkyl halides is 2. The molecule has 2 atom stereocenters. The topological polar surface area (TPSA) is 75.6 Å². The quantitative estimate of drug-likeness (QED) is 0.841. The zero-order valence-corrected chi connectivity index (χ0v) is 12.5. The fourth-order valence-electron chi connectivity index (χ4n) is 2.70. The zero-order valence-electron chi connectivity index (χ0n) is 12.5. The normalized spacial score (nSPS) is 20.7. The summed E-state index contributed by atoms with van der Waals surface area (Å²) in [7, 11) is 0. The van der Waals surface area contributed by atoms with Crippen LogP contribution in [0.25, 0.3) is 0 Å². The Balaban J connectivity index is 1.82. The minimum absolute atomic E-state index is 0.0144. The molecule has 2 N–H and O–H groups in total. The van der Waals surface area contributed by atoms with Crippen molar-refractivity contribution in [3.8, 4) is 0 Å². The second-order valence-corrected chi connectivity index (χ2v) is 5.80. The first-order valence-electron chi connectivity index (χ1n) is 7.43. The van der Waals surface area contributed by atoms with E-state index in [1.807, 2.05) is 6.07 Å². The van der Waals surface area contributed by atoms with Gasteiger partial charge in [-0.25, -0.2) is 18.4 Å². The lowest BCUT2D eigenvalue weighted by atomic mass is 9.98. The first-order valence-corrected chi connectivity index (χ1v) is 7.43. The van der Waals surface area contributed by atoms with Crippen molar-refractivity contribution in [2.24, 2.45) is 5.92 Å². The van der Waals surface area contributed by atoms with Gasteiger partial charge in [-0.15, -0.1) is 0 Å². The molecule has 0 saturated heterocycles. The largest absolute Gasteiger partial charge is 0.480 e. The third-order valence-corrected chi connectivity index (χ3v) is 3.88. The van der Waals surface area contributed by atoms with E-state index in [1.165, 1.54) is 0 Å². The molecule has 0 heterocycles. The number of amides is 1. The summed E-state index contributed by atoms with van der Waals surface area (Å²) in [6.07, 6.45) is -1.20. The average molecular weight is 327 g/mol. The van der Waals surface area contributed by atoms with Gasteiger partial charge in [0.2, 0.25) is 5.92 Å². The van der Waals surface area contributed by atoms with Gasteiger partial charge in [0.05, 0.1) is 0 Å². The molecule has 0 aromatic heterocycles. The van der Waals surface area contributed by atoms with E-state index in [9.17, 15) is 18.4 Å². The maximum Gasteiger partial charge on any atom is 0.408 e. The van der Waals surface area contributed by atoms with Crippen molar-refractivity contribution in [3.63, 3.8) is 0 Å². The molecular formula is C16H19F2NO4. The molecular weight excluding hydrogens is 308 g/mol. The van der Waals surface area contributed by atoms with Crippen LogP contribution in [0.5, 0.6) is 0 Å². The fraction of sp³-hybridized carbons (Fsp3) is 0.500. The molecule has 0 spiro atoms. The van der Waals surface area contributed by atoms with Crippen LogP contribution in [-0.2, 0) is 16.1 Å². The molecule has 0 aliphatic heterocycles. The first kappa shape index (κ1) is 17.2. The van der Waals surface area contributed by atoms with Crippen molar-refractivity contribution < 1.29 is 28.2 Å². The highest BCUT2D eigenvalue weighted by molar-refractivity contribution is 5.79. The van der Waals surface area contributed by atoms with E-state index in [0.29, 0.717) is 0 Å². The van der Waals surface area contributed by atoms with Crippen molar-refractivity contribution in [1.29, 1.82) is 0 Å². The number of carboxylic acids is 1. The summed E-state index contributed by atoms with van der Waals surface area (Å²) in [6, 6.07) is 7.71. The number of carbonyl (C=O) groups excluding carboxylic acids is 1. The standard InChI is InChI=1S/C16H19F2NO4/c17-16(18)7-6-12(9-16)8-13(14(20)21)19-15(22)23-10-11-4-2-1-3-5-11/h1-5,12-13H,6-10H2,(H,19,22)(H,20,21). The van der Waals surface area contributed by atoms with Crippen LogP contribution in [0.1, 0.15) is 31.2 Å². The molecule has 2 rings (SSSR count). The molecule has 1 amide bonds. The number of hydrogen-bond acceptors (Lipinski definition) is 3. The van der Waals surface area contributed by atoms with E-state index >= 15 is 0 Å². The van der Waals surface area contributed by atoms with E-state index in [1.54, 1.807) is 24.3 Å². The van der Waals surface area contributed by atoms with Crippen molar-refractivity contribution in [2.75, 3.05) is 0 Å². The Bertz CT molecular complexity index is 550. The molecule has 23 heavy (non-hydrogen) atoms. The highest BCUT2D eigenvalue weighted by Gasteiger charge is 2.41. The summed E-state index contributed by atoms with van der Waals surface area (Å²) >= 11 is 0.